The van der Waals surface area contributed by atoms with Crippen molar-refractivity contribution in [3.05, 3.63) is 35.4 Å². The third kappa shape index (κ3) is 4.60. The summed E-state index contributed by atoms with van der Waals surface area (Å²) in [7, 11) is 0. The molecule has 1 rings (SSSR count). The summed E-state index contributed by atoms with van der Waals surface area (Å²) in [5.41, 5.74) is 7.38. The summed E-state index contributed by atoms with van der Waals surface area (Å²) < 4.78 is -1.32. The van der Waals surface area contributed by atoms with Crippen LogP contribution < -0.4 is 5.73 Å². The molecule has 0 spiro atoms. The predicted octanol–water partition coefficient (Wildman–Crippen LogP) is 3.79. The van der Waals surface area contributed by atoms with E-state index in [4.69, 9.17) is 40.5 Å². The monoisotopic (exact) mass is 265 g/mol. The Morgan fingerprint density at radius 3 is 2.07 bits per heavy atom. The molecule has 1 nitrogen and oxygen atoms in total. The van der Waals surface area contributed by atoms with Crippen molar-refractivity contribution in [3.8, 4) is 0 Å². The van der Waals surface area contributed by atoms with Gasteiger partial charge < -0.3 is 5.73 Å². The van der Waals surface area contributed by atoms with Crippen LogP contribution in [0.2, 0.25) is 0 Å². The number of hydrogen-bond acceptors (Lipinski definition) is 1. The summed E-state index contributed by atoms with van der Waals surface area (Å²) in [4.78, 5) is 0. The Balaban J connectivity index is 2.57. The van der Waals surface area contributed by atoms with E-state index in [0.717, 1.165) is 25.8 Å². The van der Waals surface area contributed by atoms with Crippen molar-refractivity contribution < 1.29 is 0 Å². The molecular formula is C11H14Cl3N. The lowest BCUT2D eigenvalue weighted by molar-refractivity contribution is 0.744. The molecule has 0 heterocycles. The number of unbranched alkanes of at least 4 members (excludes halogenated alkanes) is 1. The van der Waals surface area contributed by atoms with E-state index >= 15 is 0 Å². The van der Waals surface area contributed by atoms with Crippen LogP contribution in [0.15, 0.2) is 24.3 Å². The van der Waals surface area contributed by atoms with Gasteiger partial charge in [0.25, 0.3) is 0 Å². The quantitative estimate of drug-likeness (QED) is 0.651. The van der Waals surface area contributed by atoms with Gasteiger partial charge in [0.05, 0.1) is 0 Å². The summed E-state index contributed by atoms with van der Waals surface area (Å²) in [6, 6.07) is 7.69. The highest BCUT2D eigenvalue weighted by Crippen LogP contribution is 2.37. The molecule has 0 aliphatic heterocycles. The fourth-order valence-corrected chi connectivity index (χ4v) is 1.71. The second-order valence-corrected chi connectivity index (χ2v) is 5.72. The standard InChI is InChI=1S/C11H14Cl3N/c12-11(13,14)10-6-4-9(5-7-10)3-1-2-8-15/h4-7H,1-3,8,15H2. The molecule has 15 heavy (non-hydrogen) atoms. The summed E-state index contributed by atoms with van der Waals surface area (Å²) in [6.07, 6.45) is 3.17. The topological polar surface area (TPSA) is 26.0 Å². The van der Waals surface area contributed by atoms with E-state index < -0.39 is 3.79 Å². The highest BCUT2D eigenvalue weighted by molar-refractivity contribution is 6.66. The average molecular weight is 267 g/mol. The number of rotatable bonds is 4. The number of halogens is 3. The van der Waals surface area contributed by atoms with Crippen molar-refractivity contribution in [2.45, 2.75) is 23.1 Å². The molecule has 0 aliphatic rings. The third-order valence-electron chi connectivity index (χ3n) is 2.20. The van der Waals surface area contributed by atoms with Crippen molar-refractivity contribution in [3.63, 3.8) is 0 Å². The Hall–Kier alpha value is 0.0500. The normalized spacial score (nSPS) is 11.7. The second kappa shape index (κ2) is 5.95. The highest BCUT2D eigenvalue weighted by atomic mass is 35.6. The van der Waals surface area contributed by atoms with E-state index in [1.54, 1.807) is 0 Å². The van der Waals surface area contributed by atoms with Gasteiger partial charge in [-0.1, -0.05) is 59.1 Å². The van der Waals surface area contributed by atoms with E-state index in [1.807, 2.05) is 24.3 Å². The zero-order chi connectivity index (χ0) is 11.3. The molecule has 0 aromatic heterocycles. The number of hydrogen-bond donors (Lipinski definition) is 1. The van der Waals surface area contributed by atoms with Gasteiger partial charge in [0.15, 0.2) is 0 Å². The van der Waals surface area contributed by atoms with Gasteiger partial charge in [0.2, 0.25) is 3.79 Å². The molecule has 0 unspecified atom stereocenters. The number of nitrogens with two attached hydrogens (primary N) is 1. The minimum atomic E-state index is -1.32. The molecular weight excluding hydrogens is 252 g/mol. The fraction of sp³-hybridized carbons (Fsp3) is 0.455. The van der Waals surface area contributed by atoms with Gasteiger partial charge in [0, 0.05) is 5.56 Å². The summed E-state index contributed by atoms with van der Waals surface area (Å²) >= 11 is 17.3. The molecule has 1 aromatic rings. The van der Waals surface area contributed by atoms with Crippen LogP contribution in [0.25, 0.3) is 0 Å². The summed E-state index contributed by atoms with van der Waals surface area (Å²) in [5, 5.41) is 0. The van der Waals surface area contributed by atoms with E-state index in [9.17, 15) is 0 Å². The molecule has 0 atom stereocenters. The Morgan fingerprint density at radius 2 is 1.60 bits per heavy atom. The van der Waals surface area contributed by atoms with Gasteiger partial charge in [0.1, 0.15) is 0 Å². The molecule has 2 N–H and O–H groups in total. The van der Waals surface area contributed by atoms with Gasteiger partial charge in [-0.05, 0) is 31.4 Å². The zero-order valence-electron chi connectivity index (χ0n) is 8.35. The van der Waals surface area contributed by atoms with Crippen molar-refractivity contribution >= 4 is 34.8 Å². The first-order valence-electron chi connectivity index (χ1n) is 4.90. The molecule has 0 fully saturated rings. The molecule has 0 radical (unpaired) electrons. The van der Waals surface area contributed by atoms with Crippen LogP contribution in [-0.2, 0) is 10.2 Å². The fourth-order valence-electron chi connectivity index (χ4n) is 1.33. The minimum Gasteiger partial charge on any atom is -0.330 e. The molecule has 0 bridgehead atoms. The summed E-state index contributed by atoms with van der Waals surface area (Å²) in [5.74, 6) is 0. The molecule has 0 amide bonds. The minimum absolute atomic E-state index is 0.704. The van der Waals surface area contributed by atoms with Gasteiger partial charge in [-0.25, -0.2) is 0 Å². The second-order valence-electron chi connectivity index (χ2n) is 3.44. The molecule has 84 valence electrons. The average Bonchev–Trinajstić information content (AvgIpc) is 2.18. The first-order chi connectivity index (χ1) is 7.04. The van der Waals surface area contributed by atoms with E-state index in [0.29, 0.717) is 5.56 Å². The van der Waals surface area contributed by atoms with Crippen molar-refractivity contribution in [2.24, 2.45) is 5.73 Å². The lowest BCUT2D eigenvalue weighted by Crippen LogP contribution is -2.01. The molecule has 1 aromatic carbocycles. The van der Waals surface area contributed by atoms with Crippen molar-refractivity contribution in [1.82, 2.24) is 0 Å². The van der Waals surface area contributed by atoms with Crippen LogP contribution in [-0.4, -0.2) is 6.54 Å². The zero-order valence-corrected chi connectivity index (χ0v) is 10.6. The Bertz CT molecular complexity index is 290. The van der Waals surface area contributed by atoms with Gasteiger partial charge in [-0.15, -0.1) is 0 Å². The summed E-state index contributed by atoms with van der Waals surface area (Å²) in [6.45, 7) is 0.742. The van der Waals surface area contributed by atoms with Crippen LogP contribution in [0.3, 0.4) is 0 Å². The van der Waals surface area contributed by atoms with Gasteiger partial charge in [-0.3, -0.25) is 0 Å². The molecule has 0 aliphatic carbocycles. The van der Waals surface area contributed by atoms with Crippen LogP contribution >= 0.6 is 34.8 Å². The van der Waals surface area contributed by atoms with E-state index in [2.05, 4.69) is 0 Å². The van der Waals surface area contributed by atoms with E-state index in [1.165, 1.54) is 5.56 Å². The van der Waals surface area contributed by atoms with Gasteiger partial charge in [-0.2, -0.15) is 0 Å². The predicted molar refractivity (Wildman–Crippen MR) is 67.7 cm³/mol. The highest BCUT2D eigenvalue weighted by Gasteiger charge is 2.21. The van der Waals surface area contributed by atoms with Crippen LogP contribution in [0.1, 0.15) is 24.0 Å². The molecule has 0 saturated carbocycles. The first kappa shape index (κ1) is 13.1. The Kier molecular flexibility index (Phi) is 5.20. The Morgan fingerprint density at radius 1 is 1.00 bits per heavy atom. The third-order valence-corrected chi connectivity index (χ3v) is 2.86. The Labute approximate surface area is 106 Å². The largest absolute Gasteiger partial charge is 0.330 e. The number of alkyl halides is 3. The van der Waals surface area contributed by atoms with Gasteiger partial charge >= 0.3 is 0 Å². The lowest BCUT2D eigenvalue weighted by atomic mass is 10.1. The van der Waals surface area contributed by atoms with Crippen molar-refractivity contribution in [2.75, 3.05) is 6.54 Å². The lowest BCUT2D eigenvalue weighted by Gasteiger charge is -2.11. The van der Waals surface area contributed by atoms with Crippen molar-refractivity contribution in [1.29, 1.82) is 0 Å². The first-order valence-corrected chi connectivity index (χ1v) is 6.03. The van der Waals surface area contributed by atoms with Crippen LogP contribution in [0.5, 0.6) is 0 Å². The van der Waals surface area contributed by atoms with E-state index in [-0.39, 0.29) is 0 Å². The van der Waals surface area contributed by atoms with Crippen LogP contribution in [0, 0.1) is 0 Å². The number of benzene rings is 1. The van der Waals surface area contributed by atoms with Crippen LogP contribution in [0.4, 0.5) is 0 Å². The number of aryl methyl sites for hydroxylation is 1. The maximum atomic E-state index is 5.75. The smallest absolute Gasteiger partial charge is 0.216 e. The SMILES string of the molecule is NCCCCc1ccc(C(Cl)(Cl)Cl)cc1. The molecule has 0 saturated heterocycles. The molecule has 4 heteroatoms. The maximum Gasteiger partial charge on any atom is 0.216 e. The maximum absolute atomic E-state index is 5.75.